The van der Waals surface area contributed by atoms with E-state index in [1.54, 1.807) is 42.5 Å². The van der Waals surface area contributed by atoms with Gasteiger partial charge in [0, 0.05) is 27.3 Å². The number of fused-ring (bicyclic) bond motifs is 2. The SMILES string of the molecule is CCCOC1(OO)c2ccccc2C(=O)c2cc(Cl)ccc21. The van der Waals surface area contributed by atoms with Crippen LogP contribution in [0.3, 0.4) is 0 Å². The Morgan fingerprint density at radius 2 is 1.86 bits per heavy atom. The van der Waals surface area contributed by atoms with E-state index in [2.05, 4.69) is 0 Å². The van der Waals surface area contributed by atoms with E-state index in [1.165, 1.54) is 0 Å². The van der Waals surface area contributed by atoms with Crippen LogP contribution < -0.4 is 0 Å². The molecule has 1 aliphatic carbocycles. The van der Waals surface area contributed by atoms with Crippen LogP contribution in [0.4, 0.5) is 0 Å². The minimum Gasteiger partial charge on any atom is -0.340 e. The number of hydrogen-bond donors (Lipinski definition) is 1. The quantitative estimate of drug-likeness (QED) is 0.526. The van der Waals surface area contributed by atoms with Gasteiger partial charge in [-0.2, -0.15) is 4.89 Å². The minimum atomic E-state index is -1.51. The van der Waals surface area contributed by atoms with Gasteiger partial charge in [-0.25, -0.2) is 5.26 Å². The number of rotatable bonds is 4. The Morgan fingerprint density at radius 3 is 2.59 bits per heavy atom. The van der Waals surface area contributed by atoms with Crippen molar-refractivity contribution in [2.45, 2.75) is 19.1 Å². The predicted octanol–water partition coefficient (Wildman–Crippen LogP) is 4.00. The smallest absolute Gasteiger partial charge is 0.255 e. The van der Waals surface area contributed by atoms with Crippen LogP contribution in [0.2, 0.25) is 5.02 Å². The van der Waals surface area contributed by atoms with Crippen molar-refractivity contribution in [1.29, 1.82) is 0 Å². The molecule has 3 rings (SSSR count). The normalized spacial score (nSPS) is 19.7. The number of halogens is 1. The van der Waals surface area contributed by atoms with Crippen LogP contribution in [0.1, 0.15) is 40.4 Å². The zero-order valence-electron chi connectivity index (χ0n) is 12.0. The molecule has 114 valence electrons. The summed E-state index contributed by atoms with van der Waals surface area (Å²) in [5.74, 6) is -1.68. The van der Waals surface area contributed by atoms with Gasteiger partial charge >= 0.3 is 0 Å². The standard InChI is InChI=1S/C17H15ClO4/c1-2-9-21-17(22-20)14-6-4-3-5-12(14)16(19)13-10-11(18)7-8-15(13)17/h3-8,10,20H,2,9H2,1H3. The number of ether oxygens (including phenoxy) is 1. The molecule has 0 amide bonds. The highest BCUT2D eigenvalue weighted by Crippen LogP contribution is 2.43. The highest BCUT2D eigenvalue weighted by molar-refractivity contribution is 6.31. The first-order valence-corrected chi connectivity index (χ1v) is 7.42. The summed E-state index contributed by atoms with van der Waals surface area (Å²) >= 11 is 6.01. The minimum absolute atomic E-state index is 0.166. The maximum absolute atomic E-state index is 12.7. The van der Waals surface area contributed by atoms with Crippen molar-refractivity contribution in [3.05, 3.63) is 69.7 Å². The van der Waals surface area contributed by atoms with Crippen LogP contribution in [-0.2, 0) is 15.4 Å². The first-order chi connectivity index (χ1) is 10.6. The number of ketones is 1. The highest BCUT2D eigenvalue weighted by atomic mass is 35.5. The van der Waals surface area contributed by atoms with E-state index in [0.29, 0.717) is 33.9 Å². The lowest BCUT2D eigenvalue weighted by molar-refractivity contribution is -0.396. The number of benzene rings is 2. The molecule has 0 aliphatic heterocycles. The molecule has 1 unspecified atom stereocenters. The van der Waals surface area contributed by atoms with Gasteiger partial charge in [-0.3, -0.25) is 4.79 Å². The molecule has 0 spiro atoms. The summed E-state index contributed by atoms with van der Waals surface area (Å²) in [7, 11) is 0. The second-order valence-corrected chi connectivity index (χ2v) is 5.56. The zero-order chi connectivity index (χ0) is 15.7. The Morgan fingerprint density at radius 1 is 1.14 bits per heavy atom. The summed E-state index contributed by atoms with van der Waals surface area (Å²) in [6.07, 6.45) is 0.740. The fourth-order valence-electron chi connectivity index (χ4n) is 2.78. The molecule has 1 atom stereocenters. The van der Waals surface area contributed by atoms with Crippen LogP contribution >= 0.6 is 11.6 Å². The molecule has 1 N–H and O–H groups in total. The van der Waals surface area contributed by atoms with Crippen LogP contribution in [-0.4, -0.2) is 17.6 Å². The van der Waals surface area contributed by atoms with Gasteiger partial charge in [-0.1, -0.05) is 48.9 Å². The summed E-state index contributed by atoms with van der Waals surface area (Å²) in [5.41, 5.74) is 1.75. The van der Waals surface area contributed by atoms with E-state index in [-0.39, 0.29) is 5.78 Å². The summed E-state index contributed by atoms with van der Waals surface area (Å²) in [4.78, 5) is 17.5. The maximum Gasteiger partial charge on any atom is 0.255 e. The lowest BCUT2D eigenvalue weighted by Crippen LogP contribution is -2.40. The molecule has 2 aromatic carbocycles. The molecule has 2 aromatic rings. The second kappa shape index (κ2) is 5.82. The molecule has 1 aliphatic rings. The zero-order valence-corrected chi connectivity index (χ0v) is 12.8. The summed E-state index contributed by atoms with van der Waals surface area (Å²) in [5, 5.41) is 10.1. The maximum atomic E-state index is 12.7. The van der Waals surface area contributed by atoms with Crippen molar-refractivity contribution >= 4 is 17.4 Å². The van der Waals surface area contributed by atoms with Gasteiger partial charge in [0.1, 0.15) is 0 Å². The van der Waals surface area contributed by atoms with Crippen molar-refractivity contribution in [2.75, 3.05) is 6.61 Å². The van der Waals surface area contributed by atoms with Crippen molar-refractivity contribution in [1.82, 2.24) is 0 Å². The number of carbonyl (C=O) groups is 1. The van der Waals surface area contributed by atoms with Crippen molar-refractivity contribution in [2.24, 2.45) is 0 Å². The summed E-state index contributed by atoms with van der Waals surface area (Å²) < 4.78 is 5.84. The Hall–Kier alpha value is -1.72. The molecule has 0 radical (unpaired) electrons. The Kier molecular flexibility index (Phi) is 4.02. The third kappa shape index (κ3) is 2.16. The molecular weight excluding hydrogens is 304 g/mol. The molecule has 0 saturated carbocycles. The monoisotopic (exact) mass is 318 g/mol. The van der Waals surface area contributed by atoms with Gasteiger partial charge in [0.15, 0.2) is 5.78 Å². The molecule has 4 nitrogen and oxygen atoms in total. The predicted molar refractivity (Wildman–Crippen MR) is 82.1 cm³/mol. The Balaban J connectivity index is 2.30. The number of carbonyl (C=O) groups excluding carboxylic acids is 1. The molecule has 0 fully saturated rings. The second-order valence-electron chi connectivity index (χ2n) is 5.12. The van der Waals surface area contributed by atoms with Gasteiger partial charge in [0.25, 0.3) is 5.79 Å². The average Bonchev–Trinajstić information content (AvgIpc) is 2.56. The molecular formula is C17H15ClO4. The largest absolute Gasteiger partial charge is 0.340 e. The van der Waals surface area contributed by atoms with Crippen molar-refractivity contribution < 1.29 is 19.7 Å². The number of hydrogen-bond acceptors (Lipinski definition) is 4. The van der Waals surface area contributed by atoms with E-state index >= 15 is 0 Å². The third-order valence-electron chi connectivity index (χ3n) is 3.75. The Bertz CT molecular complexity index is 728. The first kappa shape index (κ1) is 15.2. The molecule has 0 saturated heterocycles. The van der Waals surface area contributed by atoms with Gasteiger partial charge in [-0.05, 0) is 18.6 Å². The fraction of sp³-hybridized carbons (Fsp3) is 0.235. The van der Waals surface area contributed by atoms with Gasteiger partial charge in [-0.15, -0.1) is 0 Å². The third-order valence-corrected chi connectivity index (χ3v) is 3.98. The Labute approximate surface area is 133 Å². The highest BCUT2D eigenvalue weighted by Gasteiger charge is 2.46. The molecule has 5 heteroatoms. The van der Waals surface area contributed by atoms with Gasteiger partial charge < -0.3 is 4.74 Å². The van der Waals surface area contributed by atoms with Crippen LogP contribution in [0.5, 0.6) is 0 Å². The lowest BCUT2D eigenvalue weighted by atomic mass is 9.80. The average molecular weight is 319 g/mol. The van der Waals surface area contributed by atoms with Crippen molar-refractivity contribution in [3.8, 4) is 0 Å². The molecule has 0 heterocycles. The van der Waals surface area contributed by atoms with E-state index in [0.717, 1.165) is 6.42 Å². The first-order valence-electron chi connectivity index (χ1n) is 7.05. The van der Waals surface area contributed by atoms with Gasteiger partial charge in [0.2, 0.25) is 0 Å². The summed E-state index contributed by atoms with van der Waals surface area (Å²) in [6, 6.07) is 11.8. The van der Waals surface area contributed by atoms with Crippen LogP contribution in [0.15, 0.2) is 42.5 Å². The van der Waals surface area contributed by atoms with Gasteiger partial charge in [0.05, 0.1) is 6.61 Å². The van der Waals surface area contributed by atoms with Crippen molar-refractivity contribution in [3.63, 3.8) is 0 Å². The molecule has 22 heavy (non-hydrogen) atoms. The summed E-state index contributed by atoms with van der Waals surface area (Å²) in [6.45, 7) is 2.32. The van der Waals surface area contributed by atoms with E-state index in [1.807, 2.05) is 6.92 Å². The van der Waals surface area contributed by atoms with Crippen LogP contribution in [0.25, 0.3) is 0 Å². The van der Waals surface area contributed by atoms with E-state index in [4.69, 9.17) is 21.2 Å². The lowest BCUT2D eigenvalue weighted by Gasteiger charge is -2.36. The van der Waals surface area contributed by atoms with Crippen LogP contribution in [0, 0.1) is 0 Å². The molecule has 0 bridgehead atoms. The van der Waals surface area contributed by atoms with E-state index in [9.17, 15) is 10.1 Å². The fourth-order valence-corrected chi connectivity index (χ4v) is 2.95. The topological polar surface area (TPSA) is 55.8 Å². The van der Waals surface area contributed by atoms with E-state index < -0.39 is 5.79 Å². The molecule has 0 aromatic heterocycles.